The number of nitrogens with one attached hydrogen (secondary N) is 2. The minimum atomic E-state index is -0.0359. The summed E-state index contributed by atoms with van der Waals surface area (Å²) in [6.07, 6.45) is 6.11. The van der Waals surface area contributed by atoms with E-state index < -0.39 is 0 Å². The van der Waals surface area contributed by atoms with E-state index in [2.05, 4.69) is 45.6 Å². The van der Waals surface area contributed by atoms with Crippen molar-refractivity contribution in [3.05, 3.63) is 65.6 Å². The molecule has 0 saturated carbocycles. The van der Waals surface area contributed by atoms with Crippen LogP contribution >= 0.6 is 0 Å². The molecule has 1 aliphatic carbocycles. The average molecular weight is 332 g/mol. The summed E-state index contributed by atoms with van der Waals surface area (Å²) in [6.45, 7) is 2.07. The summed E-state index contributed by atoms with van der Waals surface area (Å²) in [4.78, 5) is 16.9. The van der Waals surface area contributed by atoms with Gasteiger partial charge in [0.1, 0.15) is 5.82 Å². The van der Waals surface area contributed by atoms with Gasteiger partial charge < -0.3 is 5.32 Å². The summed E-state index contributed by atoms with van der Waals surface area (Å²) in [7, 11) is 0. The van der Waals surface area contributed by atoms with E-state index in [4.69, 9.17) is 0 Å². The molecule has 4 rings (SSSR count). The summed E-state index contributed by atoms with van der Waals surface area (Å²) in [5, 5.41) is 9.99. The Bertz CT molecular complexity index is 898. The highest BCUT2D eigenvalue weighted by Gasteiger charge is 2.26. The van der Waals surface area contributed by atoms with Crippen LogP contribution in [0, 0.1) is 12.8 Å². The number of amides is 1. The fourth-order valence-corrected chi connectivity index (χ4v) is 3.32. The molecule has 2 aromatic heterocycles. The number of aromatic amines is 1. The molecule has 25 heavy (non-hydrogen) atoms. The predicted molar refractivity (Wildman–Crippen MR) is 97.1 cm³/mol. The van der Waals surface area contributed by atoms with Gasteiger partial charge in [-0.1, -0.05) is 29.8 Å². The zero-order valence-corrected chi connectivity index (χ0v) is 14.1. The summed E-state index contributed by atoms with van der Waals surface area (Å²) in [5.41, 5.74) is 5.69. The molecule has 0 spiro atoms. The minimum Gasteiger partial charge on any atom is -0.310 e. The Morgan fingerprint density at radius 3 is 2.92 bits per heavy atom. The zero-order chi connectivity index (χ0) is 17.2. The monoisotopic (exact) mass is 332 g/mol. The van der Waals surface area contributed by atoms with Crippen LogP contribution in [-0.4, -0.2) is 21.1 Å². The zero-order valence-electron chi connectivity index (χ0n) is 14.1. The molecule has 1 unspecified atom stereocenters. The maximum Gasteiger partial charge on any atom is 0.229 e. The van der Waals surface area contributed by atoms with Crippen molar-refractivity contribution in [3.63, 3.8) is 0 Å². The second-order valence-electron chi connectivity index (χ2n) is 6.60. The molecule has 0 fully saturated rings. The quantitative estimate of drug-likeness (QED) is 0.771. The number of anilines is 1. The summed E-state index contributed by atoms with van der Waals surface area (Å²) < 4.78 is 0. The Morgan fingerprint density at radius 2 is 2.12 bits per heavy atom. The summed E-state index contributed by atoms with van der Waals surface area (Å²) in [6, 6.07) is 12.1. The Morgan fingerprint density at radius 1 is 1.20 bits per heavy atom. The molecule has 1 amide bonds. The molecule has 126 valence electrons. The van der Waals surface area contributed by atoms with Crippen molar-refractivity contribution in [1.82, 2.24) is 15.2 Å². The fourth-order valence-electron chi connectivity index (χ4n) is 3.32. The van der Waals surface area contributed by atoms with E-state index in [1.165, 1.54) is 11.1 Å². The first-order valence-electron chi connectivity index (χ1n) is 8.54. The van der Waals surface area contributed by atoms with Crippen LogP contribution < -0.4 is 5.32 Å². The first-order chi connectivity index (χ1) is 12.2. The van der Waals surface area contributed by atoms with E-state index in [9.17, 15) is 4.79 Å². The van der Waals surface area contributed by atoms with Crippen LogP contribution in [0.1, 0.15) is 23.2 Å². The lowest BCUT2D eigenvalue weighted by Crippen LogP contribution is -2.28. The standard InChI is InChI=1S/C20H20N4O/c1-13-3-2-4-14(9-13)16-7-8-19(21-11-16)23-20(25)15-5-6-17-12-22-24-18(17)10-15/h2-4,7-9,11-12,15H,5-6,10H2,1H3,(H,22,24)(H,21,23,25). The maximum absolute atomic E-state index is 12.5. The molecule has 0 radical (unpaired) electrons. The molecule has 1 aliphatic rings. The van der Waals surface area contributed by atoms with Crippen LogP contribution in [-0.2, 0) is 17.6 Å². The summed E-state index contributed by atoms with van der Waals surface area (Å²) in [5.74, 6) is 0.582. The van der Waals surface area contributed by atoms with Crippen molar-refractivity contribution >= 4 is 11.7 Å². The van der Waals surface area contributed by atoms with Gasteiger partial charge in [-0.15, -0.1) is 0 Å². The van der Waals surface area contributed by atoms with Gasteiger partial charge in [0.05, 0.1) is 6.20 Å². The van der Waals surface area contributed by atoms with E-state index in [1.807, 2.05) is 24.4 Å². The van der Waals surface area contributed by atoms with Gasteiger partial charge in [0.2, 0.25) is 5.91 Å². The lowest BCUT2D eigenvalue weighted by Gasteiger charge is -2.20. The number of pyridine rings is 1. The molecular formula is C20H20N4O. The number of aryl methyl sites for hydroxylation is 2. The van der Waals surface area contributed by atoms with Crippen molar-refractivity contribution in [1.29, 1.82) is 0 Å². The van der Waals surface area contributed by atoms with Gasteiger partial charge >= 0.3 is 0 Å². The fraction of sp³-hybridized carbons (Fsp3) is 0.250. The molecule has 1 aromatic carbocycles. The topological polar surface area (TPSA) is 70.7 Å². The second-order valence-corrected chi connectivity index (χ2v) is 6.60. The third kappa shape index (κ3) is 3.31. The van der Waals surface area contributed by atoms with Gasteiger partial charge in [-0.2, -0.15) is 5.10 Å². The van der Waals surface area contributed by atoms with Gasteiger partial charge in [0, 0.05) is 29.8 Å². The first kappa shape index (κ1) is 15.6. The Balaban J connectivity index is 1.44. The largest absolute Gasteiger partial charge is 0.310 e. The van der Waals surface area contributed by atoms with Crippen molar-refractivity contribution in [3.8, 4) is 11.1 Å². The van der Waals surface area contributed by atoms with Gasteiger partial charge in [-0.25, -0.2) is 4.98 Å². The van der Waals surface area contributed by atoms with E-state index in [0.717, 1.165) is 29.7 Å². The van der Waals surface area contributed by atoms with Crippen LogP contribution in [0.2, 0.25) is 0 Å². The van der Waals surface area contributed by atoms with Crippen molar-refractivity contribution in [2.75, 3.05) is 5.32 Å². The van der Waals surface area contributed by atoms with Gasteiger partial charge in [-0.05, 0) is 43.0 Å². The smallest absolute Gasteiger partial charge is 0.229 e. The lowest BCUT2D eigenvalue weighted by atomic mass is 9.87. The predicted octanol–water partition coefficient (Wildman–Crippen LogP) is 3.52. The van der Waals surface area contributed by atoms with Gasteiger partial charge in [0.15, 0.2) is 0 Å². The number of nitrogens with zero attached hydrogens (tertiary/aromatic N) is 2. The molecule has 2 heterocycles. The number of rotatable bonds is 3. The average Bonchev–Trinajstić information content (AvgIpc) is 3.10. The number of fused-ring (bicyclic) bond motifs is 1. The number of carbonyl (C=O) groups excluding carboxylic acids is 1. The molecule has 3 aromatic rings. The van der Waals surface area contributed by atoms with Gasteiger partial charge in [-0.3, -0.25) is 9.89 Å². The van der Waals surface area contributed by atoms with Crippen molar-refractivity contribution in [2.45, 2.75) is 26.2 Å². The molecule has 2 N–H and O–H groups in total. The van der Waals surface area contributed by atoms with Gasteiger partial charge in [0.25, 0.3) is 0 Å². The Hall–Kier alpha value is -2.95. The van der Waals surface area contributed by atoms with Crippen LogP contribution in [0.5, 0.6) is 0 Å². The highest BCUT2D eigenvalue weighted by Crippen LogP contribution is 2.25. The highest BCUT2D eigenvalue weighted by atomic mass is 16.1. The molecule has 5 nitrogen and oxygen atoms in total. The first-order valence-corrected chi connectivity index (χ1v) is 8.54. The van der Waals surface area contributed by atoms with E-state index >= 15 is 0 Å². The Labute approximate surface area is 146 Å². The number of benzene rings is 1. The van der Waals surface area contributed by atoms with Crippen LogP contribution in [0.4, 0.5) is 5.82 Å². The molecule has 0 saturated heterocycles. The second kappa shape index (κ2) is 6.51. The number of hydrogen-bond acceptors (Lipinski definition) is 3. The summed E-state index contributed by atoms with van der Waals surface area (Å²) >= 11 is 0. The molecule has 0 bridgehead atoms. The van der Waals surface area contributed by atoms with Crippen molar-refractivity contribution < 1.29 is 4.79 Å². The van der Waals surface area contributed by atoms with Crippen molar-refractivity contribution in [2.24, 2.45) is 5.92 Å². The normalized spacial score (nSPS) is 16.3. The van der Waals surface area contributed by atoms with E-state index in [-0.39, 0.29) is 11.8 Å². The van der Waals surface area contributed by atoms with Crippen LogP contribution in [0.3, 0.4) is 0 Å². The lowest BCUT2D eigenvalue weighted by molar-refractivity contribution is -0.120. The molecular weight excluding hydrogens is 312 g/mol. The number of H-pyrrole nitrogens is 1. The third-order valence-corrected chi connectivity index (χ3v) is 4.76. The van der Waals surface area contributed by atoms with E-state index in [1.54, 1.807) is 6.20 Å². The van der Waals surface area contributed by atoms with Crippen LogP contribution in [0.15, 0.2) is 48.8 Å². The Kier molecular flexibility index (Phi) is 4.06. The molecule has 1 atom stereocenters. The van der Waals surface area contributed by atoms with Crippen LogP contribution in [0.25, 0.3) is 11.1 Å². The third-order valence-electron chi connectivity index (χ3n) is 4.76. The molecule has 5 heteroatoms. The number of carbonyl (C=O) groups is 1. The number of hydrogen-bond donors (Lipinski definition) is 2. The van der Waals surface area contributed by atoms with E-state index in [0.29, 0.717) is 12.2 Å². The molecule has 0 aliphatic heterocycles. The minimum absolute atomic E-state index is 0.0241. The number of aromatic nitrogens is 3. The maximum atomic E-state index is 12.5. The highest BCUT2D eigenvalue weighted by molar-refractivity contribution is 5.92. The SMILES string of the molecule is Cc1cccc(-c2ccc(NC(=O)C3CCc4cn[nH]c4C3)nc2)c1.